The topological polar surface area (TPSA) is 132 Å². The molecule has 0 radical (unpaired) electrons. The molecule has 38 heavy (non-hydrogen) atoms. The molecule has 0 aliphatic carbocycles. The number of carbonyl (C=O) groups excluding carboxylic acids is 2. The molecule has 0 heterocycles. The van der Waals surface area contributed by atoms with E-state index in [1.807, 2.05) is 51.1 Å². The number of hydrogen-bond donors (Lipinski definition) is 3. The van der Waals surface area contributed by atoms with Crippen LogP contribution in [-0.4, -0.2) is 67.7 Å². The van der Waals surface area contributed by atoms with Crippen LogP contribution in [0.2, 0.25) is 0 Å². The molecular formula is C28H38N2O8. The molecule has 0 fully saturated rings. The highest BCUT2D eigenvalue weighted by molar-refractivity contribution is 5.83. The smallest absolute Gasteiger partial charge is 0.407 e. The summed E-state index contributed by atoms with van der Waals surface area (Å²) in [6.07, 6.45) is -0.345. The van der Waals surface area contributed by atoms with E-state index >= 15 is 0 Å². The fraction of sp³-hybridized carbons (Fsp3) is 0.464. The van der Waals surface area contributed by atoms with Gasteiger partial charge in [-0.3, -0.25) is 4.79 Å². The number of alkyl carbamates (subject to hydrolysis) is 1. The van der Waals surface area contributed by atoms with Crippen molar-refractivity contribution in [3.63, 3.8) is 0 Å². The van der Waals surface area contributed by atoms with Gasteiger partial charge in [-0.25, -0.2) is 9.59 Å². The first-order valence-corrected chi connectivity index (χ1v) is 12.5. The zero-order valence-electron chi connectivity index (χ0n) is 22.2. The average Bonchev–Trinajstić information content (AvgIpc) is 2.87. The van der Waals surface area contributed by atoms with Crippen LogP contribution in [0, 0.1) is 0 Å². The maximum atomic E-state index is 12.2. The standard InChI is InChI=1S/C28H38N2O8/c1-28(2,3)38-23-11-9-21(10-12-23)19-24(26(32)33)30-25(31)13-15-35-17-18-36-16-14-29-27(34)37-20-22-7-5-4-6-8-22/h4-12,24H,13-20H2,1-3H3,(H,29,34)(H,30,31)(H,32,33)/t24-/m0/s1. The average molecular weight is 531 g/mol. The lowest BCUT2D eigenvalue weighted by molar-refractivity contribution is -0.142. The molecule has 208 valence electrons. The SMILES string of the molecule is CC(C)(C)Oc1ccc(C[C@H](NC(=O)CCOCCOCCNC(=O)OCc2ccccc2)C(=O)O)cc1. The number of ether oxygens (including phenoxy) is 4. The Morgan fingerprint density at radius 1 is 0.868 bits per heavy atom. The van der Waals surface area contributed by atoms with Crippen molar-refractivity contribution in [3.05, 3.63) is 65.7 Å². The third-order valence-electron chi connectivity index (χ3n) is 4.99. The van der Waals surface area contributed by atoms with Crippen LogP contribution in [0.25, 0.3) is 0 Å². The van der Waals surface area contributed by atoms with E-state index in [-0.39, 0.29) is 51.5 Å². The van der Waals surface area contributed by atoms with E-state index in [1.165, 1.54) is 0 Å². The van der Waals surface area contributed by atoms with Gasteiger partial charge in [0.05, 0.1) is 26.4 Å². The van der Waals surface area contributed by atoms with E-state index in [9.17, 15) is 19.5 Å². The molecule has 2 amide bonds. The summed E-state index contributed by atoms with van der Waals surface area (Å²) in [5.41, 5.74) is 1.34. The molecule has 0 aliphatic heterocycles. The number of aliphatic carboxylic acids is 1. The van der Waals surface area contributed by atoms with Crippen molar-refractivity contribution in [2.45, 2.75) is 51.9 Å². The lowest BCUT2D eigenvalue weighted by atomic mass is 10.1. The van der Waals surface area contributed by atoms with Crippen molar-refractivity contribution in [2.75, 3.05) is 33.0 Å². The first-order valence-electron chi connectivity index (χ1n) is 12.5. The fourth-order valence-corrected chi connectivity index (χ4v) is 3.24. The molecule has 2 aromatic rings. The quantitative estimate of drug-likeness (QED) is 0.282. The van der Waals surface area contributed by atoms with Crippen LogP contribution in [-0.2, 0) is 36.8 Å². The minimum Gasteiger partial charge on any atom is -0.488 e. The highest BCUT2D eigenvalue weighted by Gasteiger charge is 2.20. The van der Waals surface area contributed by atoms with Crippen LogP contribution in [0.3, 0.4) is 0 Å². The van der Waals surface area contributed by atoms with Gasteiger partial charge in [0.1, 0.15) is 24.0 Å². The summed E-state index contributed by atoms with van der Waals surface area (Å²) in [7, 11) is 0. The highest BCUT2D eigenvalue weighted by atomic mass is 16.5. The van der Waals surface area contributed by atoms with Gasteiger partial charge < -0.3 is 34.7 Å². The molecule has 0 bridgehead atoms. The van der Waals surface area contributed by atoms with E-state index in [1.54, 1.807) is 24.3 Å². The zero-order chi connectivity index (χ0) is 27.8. The molecule has 0 aromatic heterocycles. The third kappa shape index (κ3) is 13.6. The van der Waals surface area contributed by atoms with Crippen molar-refractivity contribution in [2.24, 2.45) is 0 Å². The number of nitrogens with one attached hydrogen (secondary N) is 2. The summed E-state index contributed by atoms with van der Waals surface area (Å²) in [5.74, 6) is -0.833. The second kappa shape index (κ2) is 16.3. The summed E-state index contributed by atoms with van der Waals surface area (Å²) >= 11 is 0. The van der Waals surface area contributed by atoms with Crippen LogP contribution in [0.4, 0.5) is 4.79 Å². The number of rotatable bonds is 16. The number of hydrogen-bond acceptors (Lipinski definition) is 7. The van der Waals surface area contributed by atoms with Gasteiger partial charge in [0, 0.05) is 19.4 Å². The first-order chi connectivity index (χ1) is 18.1. The first kappa shape index (κ1) is 30.6. The molecule has 3 N–H and O–H groups in total. The fourth-order valence-electron chi connectivity index (χ4n) is 3.24. The Labute approximate surface area is 223 Å². The van der Waals surface area contributed by atoms with Gasteiger partial charge in [0.25, 0.3) is 0 Å². The van der Waals surface area contributed by atoms with Gasteiger partial charge in [-0.1, -0.05) is 42.5 Å². The second-order valence-electron chi connectivity index (χ2n) is 9.48. The Morgan fingerprint density at radius 2 is 1.53 bits per heavy atom. The molecular weight excluding hydrogens is 492 g/mol. The number of carboxylic acids is 1. The number of carboxylic acid groups (broad SMARTS) is 1. The van der Waals surface area contributed by atoms with Crippen molar-refractivity contribution in [1.82, 2.24) is 10.6 Å². The third-order valence-corrected chi connectivity index (χ3v) is 4.99. The van der Waals surface area contributed by atoms with Crippen LogP contribution >= 0.6 is 0 Å². The molecule has 2 rings (SSSR count). The molecule has 0 unspecified atom stereocenters. The zero-order valence-corrected chi connectivity index (χ0v) is 22.2. The second-order valence-corrected chi connectivity index (χ2v) is 9.48. The molecule has 1 atom stereocenters. The number of carbonyl (C=O) groups is 3. The van der Waals surface area contributed by atoms with E-state index in [2.05, 4.69) is 10.6 Å². The van der Waals surface area contributed by atoms with Crippen molar-refractivity contribution in [1.29, 1.82) is 0 Å². The monoisotopic (exact) mass is 530 g/mol. The molecule has 10 heteroatoms. The van der Waals surface area contributed by atoms with Gasteiger partial charge in [-0.15, -0.1) is 0 Å². The molecule has 0 saturated heterocycles. The van der Waals surface area contributed by atoms with Gasteiger partial charge in [0.15, 0.2) is 0 Å². The summed E-state index contributed by atoms with van der Waals surface area (Å²) in [6, 6.07) is 15.5. The number of benzene rings is 2. The van der Waals surface area contributed by atoms with Crippen molar-refractivity contribution < 1.29 is 38.4 Å². The molecule has 0 spiro atoms. The van der Waals surface area contributed by atoms with E-state index < -0.39 is 24.0 Å². The van der Waals surface area contributed by atoms with Crippen LogP contribution in [0.5, 0.6) is 5.75 Å². The van der Waals surface area contributed by atoms with Gasteiger partial charge in [-0.2, -0.15) is 0 Å². The summed E-state index contributed by atoms with van der Waals surface area (Å²) in [6.45, 7) is 7.28. The predicted molar refractivity (Wildman–Crippen MR) is 141 cm³/mol. The minimum atomic E-state index is -1.11. The van der Waals surface area contributed by atoms with Crippen LogP contribution in [0.15, 0.2) is 54.6 Å². The normalized spacial score (nSPS) is 11.9. The minimum absolute atomic E-state index is 0.0248. The maximum Gasteiger partial charge on any atom is 0.407 e. The summed E-state index contributed by atoms with van der Waals surface area (Å²) in [5, 5.41) is 14.6. The molecule has 0 saturated carbocycles. The predicted octanol–water partition coefficient (Wildman–Crippen LogP) is 3.33. The Balaban J connectivity index is 1.53. The van der Waals surface area contributed by atoms with E-state index in [0.717, 1.165) is 11.1 Å². The molecule has 10 nitrogen and oxygen atoms in total. The Bertz CT molecular complexity index is 990. The summed E-state index contributed by atoms with van der Waals surface area (Å²) < 4.78 is 21.6. The highest BCUT2D eigenvalue weighted by Crippen LogP contribution is 2.19. The summed E-state index contributed by atoms with van der Waals surface area (Å²) in [4.78, 5) is 35.4. The Morgan fingerprint density at radius 3 is 2.16 bits per heavy atom. The Kier molecular flexibility index (Phi) is 13.1. The van der Waals surface area contributed by atoms with Gasteiger partial charge >= 0.3 is 12.1 Å². The van der Waals surface area contributed by atoms with E-state index in [4.69, 9.17) is 18.9 Å². The van der Waals surface area contributed by atoms with E-state index in [0.29, 0.717) is 12.3 Å². The van der Waals surface area contributed by atoms with Crippen LogP contribution in [0.1, 0.15) is 38.3 Å². The number of amides is 2. The maximum absolute atomic E-state index is 12.2. The molecule has 2 aromatic carbocycles. The van der Waals surface area contributed by atoms with Crippen LogP contribution < -0.4 is 15.4 Å². The van der Waals surface area contributed by atoms with Crippen molar-refractivity contribution >= 4 is 18.0 Å². The van der Waals surface area contributed by atoms with Gasteiger partial charge in [-0.05, 0) is 44.0 Å². The molecule has 0 aliphatic rings. The lowest BCUT2D eigenvalue weighted by Crippen LogP contribution is -2.42. The van der Waals surface area contributed by atoms with Gasteiger partial charge in [0.2, 0.25) is 5.91 Å². The van der Waals surface area contributed by atoms with Crippen molar-refractivity contribution in [3.8, 4) is 5.75 Å². The largest absolute Gasteiger partial charge is 0.488 e. The lowest BCUT2D eigenvalue weighted by Gasteiger charge is -2.21. The Hall–Kier alpha value is -3.63.